The lowest BCUT2D eigenvalue weighted by Gasteiger charge is -2.32. The molecule has 1 saturated heterocycles. The summed E-state index contributed by atoms with van der Waals surface area (Å²) >= 11 is 0. The second-order valence-electron chi connectivity index (χ2n) is 8.95. The Morgan fingerprint density at radius 1 is 1.07 bits per heavy atom. The molecule has 0 aromatic heterocycles. The summed E-state index contributed by atoms with van der Waals surface area (Å²) in [5, 5.41) is 0. The first-order chi connectivity index (χ1) is 13.8. The number of hydrogen-bond donors (Lipinski definition) is 0. The van der Waals surface area contributed by atoms with E-state index in [1.807, 2.05) is 31.7 Å². The Bertz CT molecular complexity index is 795. The molecule has 3 heterocycles. The van der Waals surface area contributed by atoms with Gasteiger partial charge in [-0.2, -0.15) is 0 Å². The van der Waals surface area contributed by atoms with Gasteiger partial charge in [0, 0.05) is 19.7 Å². The zero-order chi connectivity index (χ0) is 20.6. The SMILES string of the molecule is CC(C)(C)OC(=O)N1CCc2cc3c(cc2CC1)N(C(=O)C1CCOC1)CCO3. The second kappa shape index (κ2) is 7.86. The van der Waals surface area contributed by atoms with E-state index in [1.165, 1.54) is 11.1 Å². The van der Waals surface area contributed by atoms with Crippen LogP contribution in [-0.4, -0.2) is 62.0 Å². The van der Waals surface area contributed by atoms with E-state index in [0.717, 1.165) is 30.7 Å². The van der Waals surface area contributed by atoms with E-state index in [0.29, 0.717) is 39.5 Å². The fraction of sp³-hybridized carbons (Fsp3) is 0.636. The van der Waals surface area contributed by atoms with Crippen LogP contribution in [0.2, 0.25) is 0 Å². The molecule has 0 bridgehead atoms. The average Bonchev–Trinajstić information content (AvgIpc) is 3.12. The van der Waals surface area contributed by atoms with Gasteiger partial charge in [0.15, 0.2) is 0 Å². The Morgan fingerprint density at radius 2 is 1.79 bits per heavy atom. The van der Waals surface area contributed by atoms with Crippen molar-refractivity contribution < 1.29 is 23.8 Å². The van der Waals surface area contributed by atoms with E-state index in [1.54, 1.807) is 4.90 Å². The molecule has 1 fully saturated rings. The summed E-state index contributed by atoms with van der Waals surface area (Å²) in [7, 11) is 0. The molecule has 4 rings (SSSR count). The third-order valence-corrected chi connectivity index (χ3v) is 5.64. The van der Waals surface area contributed by atoms with Crippen LogP contribution in [0.1, 0.15) is 38.3 Å². The van der Waals surface area contributed by atoms with E-state index in [2.05, 4.69) is 6.07 Å². The van der Waals surface area contributed by atoms with Crippen molar-refractivity contribution in [2.75, 3.05) is 44.4 Å². The predicted octanol–water partition coefficient (Wildman–Crippen LogP) is 2.78. The highest BCUT2D eigenvalue weighted by Crippen LogP contribution is 2.37. The van der Waals surface area contributed by atoms with E-state index < -0.39 is 5.60 Å². The van der Waals surface area contributed by atoms with Crippen molar-refractivity contribution in [1.29, 1.82) is 0 Å². The van der Waals surface area contributed by atoms with Gasteiger partial charge in [0.05, 0.1) is 24.8 Å². The van der Waals surface area contributed by atoms with E-state index in [4.69, 9.17) is 14.2 Å². The number of fused-ring (bicyclic) bond motifs is 2. The summed E-state index contributed by atoms with van der Waals surface area (Å²) in [5.41, 5.74) is 2.68. The lowest BCUT2D eigenvalue weighted by molar-refractivity contribution is -0.122. The van der Waals surface area contributed by atoms with Crippen molar-refractivity contribution >= 4 is 17.7 Å². The molecule has 0 spiro atoms. The average molecular weight is 402 g/mol. The van der Waals surface area contributed by atoms with Gasteiger partial charge in [-0.1, -0.05) is 0 Å². The molecule has 0 radical (unpaired) electrons. The first-order valence-electron chi connectivity index (χ1n) is 10.5. The molecule has 3 aliphatic rings. The molecule has 29 heavy (non-hydrogen) atoms. The lowest BCUT2D eigenvalue weighted by atomic mass is 9.99. The highest BCUT2D eigenvalue weighted by atomic mass is 16.6. The molecule has 158 valence electrons. The maximum atomic E-state index is 13.0. The normalized spacial score (nSPS) is 21.7. The van der Waals surface area contributed by atoms with E-state index in [9.17, 15) is 9.59 Å². The largest absolute Gasteiger partial charge is 0.490 e. The predicted molar refractivity (Wildman–Crippen MR) is 108 cm³/mol. The fourth-order valence-electron chi connectivity index (χ4n) is 4.12. The van der Waals surface area contributed by atoms with Gasteiger partial charge in [-0.25, -0.2) is 4.79 Å². The molecule has 7 nitrogen and oxygen atoms in total. The molecule has 1 aromatic rings. The van der Waals surface area contributed by atoms with Crippen LogP contribution in [0.3, 0.4) is 0 Å². The van der Waals surface area contributed by atoms with Gasteiger partial charge in [-0.3, -0.25) is 4.79 Å². The van der Waals surface area contributed by atoms with Crippen LogP contribution < -0.4 is 9.64 Å². The lowest BCUT2D eigenvalue weighted by Crippen LogP contribution is -2.42. The topological polar surface area (TPSA) is 68.3 Å². The molecular weight excluding hydrogens is 372 g/mol. The van der Waals surface area contributed by atoms with Gasteiger partial charge in [-0.15, -0.1) is 0 Å². The van der Waals surface area contributed by atoms with Crippen molar-refractivity contribution in [2.24, 2.45) is 5.92 Å². The summed E-state index contributed by atoms with van der Waals surface area (Å²) in [4.78, 5) is 29.1. The van der Waals surface area contributed by atoms with E-state index in [-0.39, 0.29) is 17.9 Å². The van der Waals surface area contributed by atoms with Crippen LogP contribution in [0.25, 0.3) is 0 Å². The quantitative estimate of drug-likeness (QED) is 0.723. The maximum absolute atomic E-state index is 13.0. The van der Waals surface area contributed by atoms with Crippen molar-refractivity contribution in [3.8, 4) is 5.75 Å². The molecule has 2 amide bonds. The Kier molecular flexibility index (Phi) is 5.42. The fourth-order valence-corrected chi connectivity index (χ4v) is 4.12. The van der Waals surface area contributed by atoms with Gasteiger partial charge in [0.2, 0.25) is 5.91 Å². The Morgan fingerprint density at radius 3 is 2.45 bits per heavy atom. The molecule has 1 atom stereocenters. The summed E-state index contributed by atoms with van der Waals surface area (Å²) in [6, 6.07) is 4.13. The number of rotatable bonds is 1. The van der Waals surface area contributed by atoms with Crippen LogP contribution in [0.4, 0.5) is 10.5 Å². The monoisotopic (exact) mass is 402 g/mol. The number of benzene rings is 1. The molecule has 7 heteroatoms. The van der Waals surface area contributed by atoms with Gasteiger partial charge >= 0.3 is 6.09 Å². The van der Waals surface area contributed by atoms with Gasteiger partial charge in [0.25, 0.3) is 0 Å². The Balaban J connectivity index is 1.53. The summed E-state index contributed by atoms with van der Waals surface area (Å²) < 4.78 is 16.8. The molecule has 0 N–H and O–H groups in total. The minimum absolute atomic E-state index is 0.0672. The molecule has 0 saturated carbocycles. The Hall–Kier alpha value is -2.28. The number of ether oxygens (including phenoxy) is 3. The highest BCUT2D eigenvalue weighted by Gasteiger charge is 2.33. The van der Waals surface area contributed by atoms with Crippen LogP contribution in [0.15, 0.2) is 12.1 Å². The maximum Gasteiger partial charge on any atom is 0.410 e. The first kappa shape index (κ1) is 20.0. The number of anilines is 1. The number of nitrogens with zero attached hydrogens (tertiary/aromatic N) is 2. The van der Waals surface area contributed by atoms with E-state index >= 15 is 0 Å². The van der Waals surface area contributed by atoms with Gasteiger partial charge < -0.3 is 24.0 Å². The van der Waals surface area contributed by atoms with Crippen LogP contribution >= 0.6 is 0 Å². The Labute approximate surface area is 171 Å². The number of hydrogen-bond acceptors (Lipinski definition) is 5. The third-order valence-electron chi connectivity index (χ3n) is 5.64. The standard InChI is InChI=1S/C22H30N2O5/c1-22(2,3)29-21(26)23-7-4-15-12-18-19(13-16(15)5-8-23)28-11-9-24(18)20(25)17-6-10-27-14-17/h12-13,17H,4-11,14H2,1-3H3. The molecular formula is C22H30N2O5. The first-order valence-corrected chi connectivity index (χ1v) is 10.5. The van der Waals surface area contributed by atoms with Gasteiger partial charge in [-0.05, 0) is 63.3 Å². The van der Waals surface area contributed by atoms with Crippen LogP contribution in [0, 0.1) is 5.92 Å². The minimum atomic E-state index is -0.506. The molecule has 0 aliphatic carbocycles. The van der Waals surface area contributed by atoms with Crippen LogP contribution in [-0.2, 0) is 27.1 Å². The highest BCUT2D eigenvalue weighted by molar-refractivity contribution is 5.97. The number of carbonyl (C=O) groups excluding carboxylic acids is 2. The van der Waals surface area contributed by atoms with Crippen molar-refractivity contribution in [2.45, 2.75) is 45.6 Å². The number of carbonyl (C=O) groups is 2. The molecule has 3 aliphatic heterocycles. The zero-order valence-electron chi connectivity index (χ0n) is 17.5. The van der Waals surface area contributed by atoms with Crippen molar-refractivity contribution in [1.82, 2.24) is 4.90 Å². The minimum Gasteiger partial charge on any atom is -0.490 e. The third kappa shape index (κ3) is 4.34. The van der Waals surface area contributed by atoms with Crippen molar-refractivity contribution in [3.63, 3.8) is 0 Å². The second-order valence-corrected chi connectivity index (χ2v) is 8.95. The molecule has 1 aromatic carbocycles. The molecule has 1 unspecified atom stereocenters. The van der Waals surface area contributed by atoms with Gasteiger partial charge in [0.1, 0.15) is 18.0 Å². The van der Waals surface area contributed by atoms with Crippen molar-refractivity contribution in [3.05, 3.63) is 23.3 Å². The smallest absolute Gasteiger partial charge is 0.410 e. The number of amides is 2. The summed E-state index contributed by atoms with van der Waals surface area (Å²) in [6.45, 7) is 9.06. The zero-order valence-corrected chi connectivity index (χ0v) is 17.5. The summed E-state index contributed by atoms with van der Waals surface area (Å²) in [5.74, 6) is 0.811. The van der Waals surface area contributed by atoms with Crippen LogP contribution in [0.5, 0.6) is 5.75 Å². The summed E-state index contributed by atoms with van der Waals surface area (Å²) in [6.07, 6.45) is 1.98.